The van der Waals surface area contributed by atoms with Crippen molar-refractivity contribution in [3.05, 3.63) is 65.6 Å². The average molecular weight is 435 g/mol. The number of nitrogens with zero attached hydrogens (tertiary/aromatic N) is 4. The fourth-order valence-electron chi connectivity index (χ4n) is 4.27. The fraction of sp³-hybridized carbons (Fsp3) is 0.261. The van der Waals surface area contributed by atoms with Gasteiger partial charge in [0.05, 0.1) is 31.0 Å². The molecule has 0 spiro atoms. The normalized spacial score (nSPS) is 20.1. The molecule has 0 saturated carbocycles. The number of nitrogens with two attached hydrogens (primary N) is 1. The van der Waals surface area contributed by atoms with Gasteiger partial charge in [0.1, 0.15) is 23.2 Å². The third-order valence-electron chi connectivity index (χ3n) is 5.93. The number of rotatable bonds is 4. The van der Waals surface area contributed by atoms with Gasteiger partial charge in [0.2, 0.25) is 0 Å². The van der Waals surface area contributed by atoms with Gasteiger partial charge in [0.25, 0.3) is 5.91 Å². The molecular formula is C23H22FN5O3. The van der Waals surface area contributed by atoms with E-state index in [9.17, 15) is 14.3 Å². The van der Waals surface area contributed by atoms with E-state index in [2.05, 4.69) is 9.97 Å². The number of fused-ring (bicyclic) bond motifs is 1. The van der Waals surface area contributed by atoms with Crippen LogP contribution < -0.4 is 20.3 Å². The molecule has 9 heteroatoms. The zero-order valence-corrected chi connectivity index (χ0v) is 17.4. The van der Waals surface area contributed by atoms with Gasteiger partial charge in [0, 0.05) is 36.5 Å². The van der Waals surface area contributed by atoms with Gasteiger partial charge in [-0.3, -0.25) is 14.7 Å². The fourth-order valence-corrected chi connectivity index (χ4v) is 4.27. The van der Waals surface area contributed by atoms with E-state index in [0.717, 1.165) is 0 Å². The summed E-state index contributed by atoms with van der Waals surface area (Å²) in [4.78, 5) is 25.7. The summed E-state index contributed by atoms with van der Waals surface area (Å²) in [6, 6.07) is 11.2. The van der Waals surface area contributed by atoms with E-state index in [0.29, 0.717) is 47.3 Å². The minimum atomic E-state index is -0.623. The van der Waals surface area contributed by atoms with Crippen molar-refractivity contribution in [2.75, 3.05) is 30.0 Å². The number of carbonyl (C=O) groups excluding carboxylic acids is 1. The van der Waals surface area contributed by atoms with E-state index < -0.39 is 11.9 Å². The molecular weight excluding hydrogens is 413 g/mol. The largest absolute Gasteiger partial charge is 0.496 e. The molecule has 2 aromatic heterocycles. The number of pyridine rings is 2. The Kier molecular flexibility index (Phi) is 4.99. The number of ether oxygens (including phenoxy) is 1. The Morgan fingerprint density at radius 2 is 1.94 bits per heavy atom. The first kappa shape index (κ1) is 20.3. The first-order valence-corrected chi connectivity index (χ1v) is 10.3. The van der Waals surface area contributed by atoms with Gasteiger partial charge in [-0.15, -0.1) is 0 Å². The predicted octanol–water partition coefficient (Wildman–Crippen LogP) is 1.96. The second kappa shape index (κ2) is 7.85. The van der Waals surface area contributed by atoms with Crippen molar-refractivity contribution in [1.82, 2.24) is 9.97 Å². The first-order chi connectivity index (χ1) is 15.5. The summed E-state index contributed by atoms with van der Waals surface area (Å²) in [5.74, 6) is 0.736. The summed E-state index contributed by atoms with van der Waals surface area (Å²) >= 11 is 0. The molecule has 3 N–H and O–H groups in total. The second-order valence-corrected chi connectivity index (χ2v) is 7.88. The number of hydrogen-bond acceptors (Lipinski definition) is 7. The maximum atomic E-state index is 14.7. The van der Waals surface area contributed by atoms with Crippen molar-refractivity contribution in [1.29, 1.82) is 0 Å². The van der Waals surface area contributed by atoms with E-state index in [-0.39, 0.29) is 24.1 Å². The molecule has 32 heavy (non-hydrogen) atoms. The van der Waals surface area contributed by atoms with Gasteiger partial charge in [-0.25, -0.2) is 9.37 Å². The topological polar surface area (TPSA) is 105 Å². The molecule has 0 aliphatic carbocycles. The first-order valence-electron chi connectivity index (χ1n) is 10.3. The Labute approximate surface area is 184 Å². The zero-order valence-electron chi connectivity index (χ0n) is 17.4. The van der Waals surface area contributed by atoms with Gasteiger partial charge in [-0.1, -0.05) is 12.1 Å². The summed E-state index contributed by atoms with van der Waals surface area (Å²) in [5, 5.41) is 9.97. The molecule has 1 aromatic carbocycles. The lowest BCUT2D eigenvalue weighted by molar-refractivity contribution is 0.0996. The number of halogens is 1. The number of β-amino-alcohol motifs (C(OH)–C–C–N with tert-alkyl or cyclic N) is 1. The van der Waals surface area contributed by atoms with Gasteiger partial charge in [-0.05, 0) is 30.3 Å². The van der Waals surface area contributed by atoms with Gasteiger partial charge in [0.15, 0.2) is 0 Å². The molecule has 0 bridgehead atoms. The number of aliphatic hydroxyl groups is 1. The Morgan fingerprint density at radius 1 is 1.16 bits per heavy atom. The second-order valence-electron chi connectivity index (χ2n) is 7.88. The maximum absolute atomic E-state index is 14.7. The summed E-state index contributed by atoms with van der Waals surface area (Å²) in [7, 11) is 1.47. The molecule has 1 amide bonds. The molecule has 5 rings (SSSR count). The van der Waals surface area contributed by atoms with Crippen LogP contribution in [0.25, 0.3) is 11.3 Å². The number of amides is 1. The molecule has 4 heterocycles. The van der Waals surface area contributed by atoms with Crippen LogP contribution in [0.1, 0.15) is 15.9 Å². The number of aromatic nitrogens is 2. The molecule has 1 fully saturated rings. The highest BCUT2D eigenvalue weighted by Gasteiger charge is 2.34. The van der Waals surface area contributed by atoms with Crippen LogP contribution in [0.5, 0.6) is 5.75 Å². The number of anilines is 2. The average Bonchev–Trinajstić information content (AvgIpc) is 3.33. The van der Waals surface area contributed by atoms with Crippen LogP contribution in [0.15, 0.2) is 48.7 Å². The maximum Gasteiger partial charge on any atom is 0.260 e. The minimum Gasteiger partial charge on any atom is -0.496 e. The lowest BCUT2D eigenvalue weighted by Crippen LogP contribution is -2.32. The van der Waals surface area contributed by atoms with E-state index in [1.807, 2.05) is 17.0 Å². The third kappa shape index (κ3) is 3.26. The van der Waals surface area contributed by atoms with Crippen LogP contribution >= 0.6 is 0 Å². The van der Waals surface area contributed by atoms with Crippen molar-refractivity contribution >= 4 is 17.5 Å². The Bertz CT molecular complexity index is 1190. The van der Waals surface area contributed by atoms with Crippen molar-refractivity contribution < 1.29 is 19.0 Å². The van der Waals surface area contributed by atoms with E-state index >= 15 is 0 Å². The molecule has 2 aliphatic rings. The number of benzene rings is 1. The highest BCUT2D eigenvalue weighted by atomic mass is 19.1. The summed E-state index contributed by atoms with van der Waals surface area (Å²) < 4.78 is 20.1. The highest BCUT2D eigenvalue weighted by Crippen LogP contribution is 2.38. The van der Waals surface area contributed by atoms with Crippen LogP contribution in [0.3, 0.4) is 0 Å². The molecule has 2 atom stereocenters. The molecule has 2 aliphatic heterocycles. The lowest BCUT2D eigenvalue weighted by atomic mass is 10.0. The summed E-state index contributed by atoms with van der Waals surface area (Å²) in [5.41, 5.74) is 7.59. The molecule has 1 saturated heterocycles. The summed E-state index contributed by atoms with van der Waals surface area (Å²) in [6.07, 6.45) is 0.876. The molecule has 0 unspecified atom stereocenters. The van der Waals surface area contributed by atoms with Crippen molar-refractivity contribution in [3.63, 3.8) is 0 Å². The van der Waals surface area contributed by atoms with Gasteiger partial charge in [-0.2, -0.15) is 0 Å². The quantitative estimate of drug-likeness (QED) is 0.646. The number of hydrogen-bond donors (Lipinski definition) is 2. The Balaban J connectivity index is 1.52. The number of methoxy groups -OCH3 is 1. The third-order valence-corrected chi connectivity index (χ3v) is 5.93. The standard InChI is InChI=1S/C23H22FN5O3/c1-32-18-5-2-4-15(24)21(18)22-14-10-29(23(31)13(14)8-9-26-22)20-7-3-6-19(27-20)28-11-16(25)17(30)12-28/h2-9,16-17,30H,10-12,25H2,1H3/t16-,17-/m1/s1. The van der Waals surface area contributed by atoms with Crippen molar-refractivity contribution in [3.8, 4) is 17.0 Å². The zero-order chi connectivity index (χ0) is 22.4. The lowest BCUT2D eigenvalue weighted by Gasteiger charge is -2.20. The molecule has 3 aromatic rings. The molecule has 0 radical (unpaired) electrons. The van der Waals surface area contributed by atoms with Gasteiger partial charge >= 0.3 is 0 Å². The Morgan fingerprint density at radius 3 is 2.69 bits per heavy atom. The van der Waals surface area contributed by atoms with E-state index in [1.54, 1.807) is 29.2 Å². The van der Waals surface area contributed by atoms with Crippen LogP contribution in [-0.4, -0.2) is 53.3 Å². The van der Waals surface area contributed by atoms with Crippen LogP contribution in [0.2, 0.25) is 0 Å². The summed E-state index contributed by atoms with van der Waals surface area (Å²) in [6.45, 7) is 1.06. The van der Waals surface area contributed by atoms with Crippen LogP contribution in [-0.2, 0) is 6.54 Å². The highest BCUT2D eigenvalue weighted by molar-refractivity contribution is 6.10. The molecule has 164 valence electrons. The van der Waals surface area contributed by atoms with Crippen LogP contribution in [0.4, 0.5) is 16.0 Å². The smallest absolute Gasteiger partial charge is 0.260 e. The Hall–Kier alpha value is -3.56. The molecule has 8 nitrogen and oxygen atoms in total. The minimum absolute atomic E-state index is 0.202. The number of aliphatic hydroxyl groups excluding tert-OH is 1. The van der Waals surface area contributed by atoms with Gasteiger partial charge < -0.3 is 20.5 Å². The monoisotopic (exact) mass is 435 g/mol. The SMILES string of the molecule is COc1cccc(F)c1-c1nccc2c1CN(c1cccc(N3C[C@@H](N)[C@H](O)C3)n1)C2=O. The van der Waals surface area contributed by atoms with Crippen molar-refractivity contribution in [2.45, 2.75) is 18.7 Å². The predicted molar refractivity (Wildman–Crippen MR) is 117 cm³/mol. The van der Waals surface area contributed by atoms with Crippen molar-refractivity contribution in [2.24, 2.45) is 5.73 Å². The van der Waals surface area contributed by atoms with Crippen LogP contribution in [0, 0.1) is 5.82 Å². The van der Waals surface area contributed by atoms with E-state index in [1.165, 1.54) is 19.4 Å². The number of carbonyl (C=O) groups is 1. The van der Waals surface area contributed by atoms with E-state index in [4.69, 9.17) is 10.5 Å².